The lowest BCUT2D eigenvalue weighted by molar-refractivity contribution is -0.144. The first-order chi connectivity index (χ1) is 12.7. The molecule has 1 aliphatic heterocycles. The van der Waals surface area contributed by atoms with Crippen LogP contribution >= 0.6 is 0 Å². The summed E-state index contributed by atoms with van der Waals surface area (Å²) in [6.45, 7) is -1.44. The Hall–Kier alpha value is -3.10. The number of phenols is 1. The number of hydrogen-bond donors (Lipinski definition) is 2. The smallest absolute Gasteiger partial charge is 0.406 e. The molecule has 0 aromatic heterocycles. The Morgan fingerprint density at radius 1 is 1.15 bits per heavy atom. The van der Waals surface area contributed by atoms with Crippen LogP contribution in [0.5, 0.6) is 17.2 Å². The topological polar surface area (TPSA) is 71.0 Å². The maximum atomic E-state index is 13.1. The van der Waals surface area contributed by atoms with Crippen LogP contribution < -0.4 is 14.8 Å². The number of para-hydroxylation sites is 1. The second kappa shape index (κ2) is 6.90. The fraction of sp³-hybridized carbons (Fsp3) is 0.278. The average molecular weight is 382 g/mol. The summed E-state index contributed by atoms with van der Waals surface area (Å²) in [6, 6.07) is 9.05. The number of amides is 1. The van der Waals surface area contributed by atoms with Crippen molar-refractivity contribution >= 4 is 11.6 Å². The lowest BCUT2D eigenvalue weighted by atomic mass is 10.0. The Labute approximate surface area is 153 Å². The second-order valence-corrected chi connectivity index (χ2v) is 5.91. The number of halogens is 3. The molecular weight excluding hydrogens is 365 g/mol. The van der Waals surface area contributed by atoms with Crippen LogP contribution in [0.3, 0.4) is 0 Å². The molecule has 0 saturated heterocycles. The lowest BCUT2D eigenvalue weighted by Gasteiger charge is -2.38. The number of fused-ring (bicyclic) bond motifs is 1. The van der Waals surface area contributed by atoms with Crippen LogP contribution in [0.2, 0.25) is 0 Å². The van der Waals surface area contributed by atoms with Gasteiger partial charge in [0.05, 0.1) is 19.8 Å². The molecule has 1 heterocycles. The first kappa shape index (κ1) is 18.7. The van der Waals surface area contributed by atoms with Gasteiger partial charge in [-0.3, -0.25) is 4.79 Å². The summed E-state index contributed by atoms with van der Waals surface area (Å²) < 4.78 is 49.5. The Balaban J connectivity index is 2.12. The fourth-order valence-electron chi connectivity index (χ4n) is 2.98. The maximum Gasteiger partial charge on any atom is 0.406 e. The van der Waals surface area contributed by atoms with Gasteiger partial charge in [0, 0.05) is 11.3 Å². The van der Waals surface area contributed by atoms with E-state index in [2.05, 4.69) is 5.32 Å². The monoisotopic (exact) mass is 382 g/mol. The molecule has 1 amide bonds. The molecule has 0 unspecified atom stereocenters. The maximum absolute atomic E-state index is 13.1. The molecule has 3 rings (SSSR count). The van der Waals surface area contributed by atoms with Gasteiger partial charge in [0.15, 0.2) is 11.5 Å². The number of alkyl halides is 3. The van der Waals surface area contributed by atoms with E-state index >= 15 is 0 Å². The molecule has 0 aliphatic carbocycles. The van der Waals surface area contributed by atoms with Gasteiger partial charge in [0.1, 0.15) is 12.7 Å². The van der Waals surface area contributed by atoms with E-state index in [4.69, 9.17) is 9.47 Å². The highest BCUT2D eigenvalue weighted by atomic mass is 19.4. The summed E-state index contributed by atoms with van der Waals surface area (Å²) in [6.07, 6.45) is -5.72. The van der Waals surface area contributed by atoms with Gasteiger partial charge in [-0.05, 0) is 24.3 Å². The molecule has 0 spiro atoms. The van der Waals surface area contributed by atoms with Crippen LogP contribution in [0.4, 0.5) is 18.9 Å². The van der Waals surface area contributed by atoms with Crippen molar-refractivity contribution in [2.24, 2.45) is 0 Å². The van der Waals surface area contributed by atoms with Crippen LogP contribution in [0.25, 0.3) is 0 Å². The summed E-state index contributed by atoms with van der Waals surface area (Å²) in [5.74, 6) is -1.000. The first-order valence-corrected chi connectivity index (χ1v) is 7.93. The molecule has 1 atom stereocenters. The molecule has 0 bridgehead atoms. The van der Waals surface area contributed by atoms with Gasteiger partial charge in [-0.2, -0.15) is 13.2 Å². The number of anilines is 1. The summed E-state index contributed by atoms with van der Waals surface area (Å²) in [5.41, 5.74) is 0.834. The van der Waals surface area contributed by atoms with E-state index in [9.17, 15) is 23.1 Å². The van der Waals surface area contributed by atoms with Crippen LogP contribution in [-0.4, -0.2) is 42.9 Å². The number of carbonyl (C=O) groups excluding carboxylic acids is 1. The van der Waals surface area contributed by atoms with Crippen LogP contribution in [0.15, 0.2) is 36.4 Å². The quantitative estimate of drug-likeness (QED) is 0.847. The fourth-order valence-corrected chi connectivity index (χ4v) is 2.98. The standard InChI is InChI=1S/C18H17F3N2O4/c1-26-13-7-10(8-14(27-2)15(13)24)16-22-12-6-4-3-5-11(12)17(25)23(16)9-18(19,20)21/h3-8,16,22,24H,9H2,1-2H3/t16-/m1/s1. The molecule has 0 fully saturated rings. The predicted octanol–water partition coefficient (Wildman–Crippen LogP) is 3.54. The minimum atomic E-state index is -4.59. The molecule has 9 heteroatoms. The molecule has 144 valence electrons. The molecular formula is C18H17F3N2O4. The zero-order chi connectivity index (χ0) is 19.8. The SMILES string of the molecule is COc1cc([C@@H]2Nc3ccccc3C(=O)N2CC(F)(F)F)cc(OC)c1O. The van der Waals surface area contributed by atoms with E-state index in [0.717, 1.165) is 0 Å². The number of nitrogens with zero attached hydrogens (tertiary/aromatic N) is 1. The number of rotatable bonds is 4. The van der Waals surface area contributed by atoms with Gasteiger partial charge < -0.3 is 24.8 Å². The third-order valence-electron chi connectivity index (χ3n) is 4.19. The second-order valence-electron chi connectivity index (χ2n) is 5.91. The van der Waals surface area contributed by atoms with Gasteiger partial charge in [0.25, 0.3) is 5.91 Å². The Morgan fingerprint density at radius 2 is 1.74 bits per heavy atom. The van der Waals surface area contributed by atoms with E-state index in [1.807, 2.05) is 0 Å². The van der Waals surface area contributed by atoms with Gasteiger partial charge in [-0.1, -0.05) is 12.1 Å². The van der Waals surface area contributed by atoms with Crippen molar-refractivity contribution in [3.63, 3.8) is 0 Å². The third-order valence-corrected chi connectivity index (χ3v) is 4.19. The zero-order valence-electron chi connectivity index (χ0n) is 14.5. The number of methoxy groups -OCH3 is 2. The van der Waals surface area contributed by atoms with Crippen LogP contribution in [0, 0.1) is 0 Å². The molecule has 0 radical (unpaired) electrons. The van der Waals surface area contributed by atoms with E-state index in [1.165, 1.54) is 32.4 Å². The average Bonchev–Trinajstić information content (AvgIpc) is 2.63. The highest BCUT2D eigenvalue weighted by Crippen LogP contribution is 2.42. The van der Waals surface area contributed by atoms with Gasteiger partial charge in [0.2, 0.25) is 5.75 Å². The third kappa shape index (κ3) is 3.57. The van der Waals surface area contributed by atoms with Crippen LogP contribution in [-0.2, 0) is 0 Å². The number of carbonyl (C=O) groups is 1. The molecule has 2 N–H and O–H groups in total. The van der Waals surface area contributed by atoms with Crippen molar-refractivity contribution in [3.8, 4) is 17.2 Å². The van der Waals surface area contributed by atoms with Gasteiger partial charge in [-0.15, -0.1) is 0 Å². The number of benzene rings is 2. The van der Waals surface area contributed by atoms with Crippen molar-refractivity contribution in [2.45, 2.75) is 12.3 Å². The molecule has 6 nitrogen and oxygen atoms in total. The van der Waals surface area contributed by atoms with Crippen molar-refractivity contribution in [3.05, 3.63) is 47.5 Å². The Kier molecular flexibility index (Phi) is 4.77. The van der Waals surface area contributed by atoms with E-state index in [0.29, 0.717) is 10.6 Å². The summed E-state index contributed by atoms with van der Waals surface area (Å²) in [4.78, 5) is 13.4. The van der Waals surface area contributed by atoms with Gasteiger partial charge >= 0.3 is 6.18 Å². The highest BCUT2D eigenvalue weighted by Gasteiger charge is 2.41. The number of phenolic OH excluding ortho intramolecular Hbond substituents is 1. The minimum Gasteiger partial charge on any atom is -0.502 e. The number of nitrogens with one attached hydrogen (secondary N) is 1. The van der Waals surface area contributed by atoms with Crippen molar-refractivity contribution in [2.75, 3.05) is 26.1 Å². The minimum absolute atomic E-state index is 0.0180. The first-order valence-electron chi connectivity index (χ1n) is 7.93. The number of ether oxygens (including phenoxy) is 2. The van der Waals surface area contributed by atoms with Crippen molar-refractivity contribution in [1.82, 2.24) is 4.90 Å². The van der Waals surface area contributed by atoms with E-state index in [1.54, 1.807) is 18.2 Å². The zero-order valence-corrected chi connectivity index (χ0v) is 14.5. The molecule has 0 saturated carbocycles. The van der Waals surface area contributed by atoms with Crippen LogP contribution in [0.1, 0.15) is 22.1 Å². The molecule has 27 heavy (non-hydrogen) atoms. The number of aromatic hydroxyl groups is 1. The summed E-state index contributed by atoms with van der Waals surface area (Å²) in [5, 5.41) is 13.0. The molecule has 2 aromatic rings. The van der Waals surface area contributed by atoms with E-state index in [-0.39, 0.29) is 28.4 Å². The predicted molar refractivity (Wildman–Crippen MR) is 91.1 cm³/mol. The number of hydrogen-bond acceptors (Lipinski definition) is 5. The normalized spacial score (nSPS) is 16.6. The summed E-state index contributed by atoms with van der Waals surface area (Å²) >= 11 is 0. The summed E-state index contributed by atoms with van der Waals surface area (Å²) in [7, 11) is 2.61. The van der Waals surface area contributed by atoms with Crippen molar-refractivity contribution < 1.29 is 32.5 Å². The molecule has 1 aliphatic rings. The molecule has 2 aromatic carbocycles. The van der Waals surface area contributed by atoms with E-state index < -0.39 is 24.8 Å². The van der Waals surface area contributed by atoms with Crippen molar-refractivity contribution in [1.29, 1.82) is 0 Å². The Bertz CT molecular complexity index is 845. The Morgan fingerprint density at radius 3 is 2.30 bits per heavy atom. The highest BCUT2D eigenvalue weighted by molar-refractivity contribution is 6.01. The van der Waals surface area contributed by atoms with Gasteiger partial charge in [-0.25, -0.2) is 0 Å². The largest absolute Gasteiger partial charge is 0.502 e. The lowest BCUT2D eigenvalue weighted by Crippen LogP contribution is -2.47.